The lowest BCUT2D eigenvalue weighted by molar-refractivity contribution is 0.0632. The highest BCUT2D eigenvalue weighted by Gasteiger charge is 2.44. The first kappa shape index (κ1) is 16.9. The summed E-state index contributed by atoms with van der Waals surface area (Å²) in [5, 5.41) is 10.5. The molecule has 7 heteroatoms. The SMILES string of the molecule is O=C(c1cnc(Nc2ccccc2)nc1)N1CCCC2(CCc3cn[nH]c32)C1. The minimum absolute atomic E-state index is 0.00157. The largest absolute Gasteiger partial charge is 0.338 e. The van der Waals surface area contributed by atoms with E-state index in [1.54, 1.807) is 12.4 Å². The van der Waals surface area contributed by atoms with Gasteiger partial charge >= 0.3 is 0 Å². The normalized spacial score (nSPS) is 20.9. The van der Waals surface area contributed by atoms with Crippen molar-refractivity contribution in [2.75, 3.05) is 18.4 Å². The van der Waals surface area contributed by atoms with Crippen LogP contribution in [0.5, 0.6) is 0 Å². The molecule has 1 aromatic carbocycles. The lowest BCUT2D eigenvalue weighted by Gasteiger charge is -2.40. The van der Waals surface area contributed by atoms with Crippen LogP contribution in [0.4, 0.5) is 11.6 Å². The van der Waals surface area contributed by atoms with E-state index in [2.05, 4.69) is 25.5 Å². The third-order valence-electron chi connectivity index (χ3n) is 5.91. The molecule has 7 nitrogen and oxygen atoms in total. The van der Waals surface area contributed by atoms with Crippen molar-refractivity contribution in [2.45, 2.75) is 31.1 Å². The van der Waals surface area contributed by atoms with Crippen LogP contribution in [-0.4, -0.2) is 44.1 Å². The molecule has 1 fully saturated rings. The quantitative estimate of drug-likeness (QED) is 0.736. The zero-order valence-electron chi connectivity index (χ0n) is 15.6. The number of hydrogen-bond acceptors (Lipinski definition) is 5. The van der Waals surface area contributed by atoms with Crippen LogP contribution in [0.1, 0.15) is 40.9 Å². The first-order valence-corrected chi connectivity index (χ1v) is 9.70. The Morgan fingerprint density at radius 3 is 2.75 bits per heavy atom. The topological polar surface area (TPSA) is 86.8 Å². The summed E-state index contributed by atoms with van der Waals surface area (Å²) in [6, 6.07) is 9.73. The Bertz CT molecular complexity index is 984. The Kier molecular flexibility index (Phi) is 4.07. The Labute approximate surface area is 163 Å². The number of piperidine rings is 1. The summed E-state index contributed by atoms with van der Waals surface area (Å²) < 4.78 is 0. The van der Waals surface area contributed by atoms with Crippen molar-refractivity contribution < 1.29 is 4.79 Å². The second-order valence-electron chi connectivity index (χ2n) is 7.67. The molecule has 0 saturated carbocycles. The molecule has 1 amide bonds. The van der Waals surface area contributed by atoms with Gasteiger partial charge in [-0.1, -0.05) is 18.2 Å². The van der Waals surface area contributed by atoms with Crippen molar-refractivity contribution in [2.24, 2.45) is 0 Å². The summed E-state index contributed by atoms with van der Waals surface area (Å²) in [6.07, 6.45) is 9.36. The average molecular weight is 374 g/mol. The Hall–Kier alpha value is -3.22. The van der Waals surface area contributed by atoms with Gasteiger partial charge in [0.25, 0.3) is 5.91 Å². The maximum absolute atomic E-state index is 13.1. The summed E-state index contributed by atoms with van der Waals surface area (Å²) >= 11 is 0. The van der Waals surface area contributed by atoms with Gasteiger partial charge in [0, 0.05) is 42.3 Å². The Balaban J connectivity index is 1.31. The van der Waals surface area contributed by atoms with Gasteiger partial charge in [-0.15, -0.1) is 0 Å². The minimum atomic E-state index is -0.00157. The maximum Gasteiger partial charge on any atom is 0.257 e. The molecule has 0 radical (unpaired) electrons. The van der Waals surface area contributed by atoms with Gasteiger partial charge in [0.05, 0.1) is 11.8 Å². The molecule has 2 aromatic heterocycles. The number of amides is 1. The number of likely N-dealkylation sites (tertiary alicyclic amines) is 1. The van der Waals surface area contributed by atoms with E-state index in [0.29, 0.717) is 11.5 Å². The number of nitrogens with one attached hydrogen (secondary N) is 2. The summed E-state index contributed by atoms with van der Waals surface area (Å²) in [7, 11) is 0. The Morgan fingerprint density at radius 2 is 1.93 bits per heavy atom. The Morgan fingerprint density at radius 1 is 1.11 bits per heavy atom. The number of aryl methyl sites for hydroxylation is 1. The number of rotatable bonds is 3. The monoisotopic (exact) mass is 374 g/mol. The third-order valence-corrected chi connectivity index (χ3v) is 5.91. The molecule has 1 unspecified atom stereocenters. The summed E-state index contributed by atoms with van der Waals surface area (Å²) in [4.78, 5) is 23.6. The number of carbonyl (C=O) groups excluding carboxylic acids is 1. The molecular weight excluding hydrogens is 352 g/mol. The standard InChI is InChI=1S/C21H22N6O/c28-19(16-11-22-20(23-12-16)25-17-5-2-1-3-6-17)27-10-4-8-21(14-27)9-7-15-13-24-26-18(15)21/h1-3,5-6,11-13H,4,7-10,14H2,(H,24,26)(H,22,23,25). The molecule has 1 spiro atoms. The number of nitrogens with zero attached hydrogens (tertiary/aromatic N) is 4. The fourth-order valence-electron chi connectivity index (χ4n) is 4.51. The first-order valence-electron chi connectivity index (χ1n) is 9.70. The second-order valence-corrected chi connectivity index (χ2v) is 7.67. The number of aromatic nitrogens is 4. The number of aromatic amines is 1. The molecule has 3 aromatic rings. The van der Waals surface area contributed by atoms with Gasteiger partial charge in [0.1, 0.15) is 0 Å². The number of para-hydroxylation sites is 1. The summed E-state index contributed by atoms with van der Waals surface area (Å²) in [5.74, 6) is 0.481. The molecular formula is C21H22N6O. The highest BCUT2D eigenvalue weighted by Crippen LogP contribution is 2.44. The van der Waals surface area contributed by atoms with Gasteiger partial charge in [-0.25, -0.2) is 9.97 Å². The average Bonchev–Trinajstić information content (AvgIpc) is 3.34. The lowest BCUT2D eigenvalue weighted by Crippen LogP contribution is -2.47. The summed E-state index contributed by atoms with van der Waals surface area (Å²) in [6.45, 7) is 1.50. The van der Waals surface area contributed by atoms with Gasteiger partial charge in [0.15, 0.2) is 0 Å². The van der Waals surface area contributed by atoms with E-state index in [1.165, 1.54) is 11.3 Å². The third kappa shape index (κ3) is 2.93. The smallest absolute Gasteiger partial charge is 0.257 e. The van der Waals surface area contributed by atoms with Gasteiger partial charge in [0.2, 0.25) is 5.95 Å². The van der Waals surface area contributed by atoms with Crippen LogP contribution >= 0.6 is 0 Å². The molecule has 2 aliphatic rings. The number of hydrogen-bond donors (Lipinski definition) is 2. The van der Waals surface area contributed by atoms with Crippen LogP contribution in [0, 0.1) is 0 Å². The van der Waals surface area contributed by atoms with E-state index in [1.807, 2.05) is 41.4 Å². The number of H-pyrrole nitrogens is 1. The predicted molar refractivity (Wildman–Crippen MR) is 105 cm³/mol. The first-order chi connectivity index (χ1) is 13.7. The highest BCUT2D eigenvalue weighted by molar-refractivity contribution is 5.94. The van der Waals surface area contributed by atoms with E-state index >= 15 is 0 Å². The molecule has 5 rings (SSSR count). The molecule has 2 N–H and O–H groups in total. The van der Waals surface area contributed by atoms with Crippen LogP contribution in [0.25, 0.3) is 0 Å². The zero-order valence-corrected chi connectivity index (χ0v) is 15.6. The molecule has 3 heterocycles. The molecule has 1 saturated heterocycles. The highest BCUT2D eigenvalue weighted by atomic mass is 16.2. The van der Waals surface area contributed by atoms with Crippen molar-refractivity contribution >= 4 is 17.5 Å². The van der Waals surface area contributed by atoms with Crippen molar-refractivity contribution in [3.8, 4) is 0 Å². The molecule has 28 heavy (non-hydrogen) atoms. The van der Waals surface area contributed by atoms with E-state index in [4.69, 9.17) is 0 Å². The molecule has 1 aliphatic heterocycles. The van der Waals surface area contributed by atoms with Crippen LogP contribution in [0.15, 0.2) is 48.9 Å². The van der Waals surface area contributed by atoms with Crippen LogP contribution in [0.3, 0.4) is 0 Å². The van der Waals surface area contributed by atoms with Crippen LogP contribution in [-0.2, 0) is 11.8 Å². The number of benzene rings is 1. The predicted octanol–water partition coefficient (Wildman–Crippen LogP) is 3.06. The van der Waals surface area contributed by atoms with E-state index in [9.17, 15) is 4.79 Å². The number of anilines is 2. The van der Waals surface area contributed by atoms with E-state index < -0.39 is 0 Å². The molecule has 1 atom stereocenters. The van der Waals surface area contributed by atoms with E-state index in [0.717, 1.165) is 44.5 Å². The van der Waals surface area contributed by atoms with Gasteiger partial charge in [-0.05, 0) is 43.4 Å². The lowest BCUT2D eigenvalue weighted by atomic mass is 9.77. The molecule has 1 aliphatic carbocycles. The van der Waals surface area contributed by atoms with Crippen molar-refractivity contribution in [3.05, 3.63) is 65.7 Å². The van der Waals surface area contributed by atoms with Gasteiger partial charge < -0.3 is 10.2 Å². The van der Waals surface area contributed by atoms with Crippen molar-refractivity contribution in [3.63, 3.8) is 0 Å². The van der Waals surface area contributed by atoms with E-state index in [-0.39, 0.29) is 11.3 Å². The maximum atomic E-state index is 13.1. The second kappa shape index (κ2) is 6.74. The van der Waals surface area contributed by atoms with Gasteiger partial charge in [-0.3, -0.25) is 9.89 Å². The fourth-order valence-corrected chi connectivity index (χ4v) is 4.51. The van der Waals surface area contributed by atoms with Crippen molar-refractivity contribution in [1.82, 2.24) is 25.1 Å². The fraction of sp³-hybridized carbons (Fsp3) is 0.333. The van der Waals surface area contributed by atoms with Crippen LogP contribution in [0.2, 0.25) is 0 Å². The van der Waals surface area contributed by atoms with Gasteiger partial charge in [-0.2, -0.15) is 5.10 Å². The zero-order chi connectivity index (χ0) is 19.0. The minimum Gasteiger partial charge on any atom is -0.338 e. The van der Waals surface area contributed by atoms with Crippen molar-refractivity contribution in [1.29, 1.82) is 0 Å². The number of fused-ring (bicyclic) bond motifs is 2. The molecule has 142 valence electrons. The van der Waals surface area contributed by atoms with Crippen LogP contribution < -0.4 is 5.32 Å². The summed E-state index contributed by atoms with van der Waals surface area (Å²) in [5.41, 5.74) is 3.99. The molecule has 0 bridgehead atoms. The number of carbonyl (C=O) groups is 1.